The van der Waals surface area contributed by atoms with Gasteiger partial charge < -0.3 is 34.4 Å². The number of fused-ring (bicyclic) bond motifs is 2. The van der Waals surface area contributed by atoms with Crippen molar-refractivity contribution in [3.63, 3.8) is 0 Å². The number of esters is 1. The van der Waals surface area contributed by atoms with E-state index in [9.17, 15) is 24.3 Å². The van der Waals surface area contributed by atoms with Crippen LogP contribution in [0.2, 0.25) is 0 Å². The molecule has 1 aliphatic carbocycles. The number of carbonyl (C=O) groups excluding carboxylic acids is 3. The lowest BCUT2D eigenvalue weighted by atomic mass is 9.90. The van der Waals surface area contributed by atoms with Crippen molar-refractivity contribution in [1.29, 1.82) is 0 Å². The van der Waals surface area contributed by atoms with Gasteiger partial charge in [0.1, 0.15) is 31.0 Å². The zero-order valence-electron chi connectivity index (χ0n) is 37.8. The van der Waals surface area contributed by atoms with E-state index in [-0.39, 0.29) is 25.0 Å². The summed E-state index contributed by atoms with van der Waals surface area (Å²) in [5, 5.41) is 23.6. The van der Waals surface area contributed by atoms with Gasteiger partial charge in [-0.2, -0.15) is 0 Å². The van der Waals surface area contributed by atoms with Crippen molar-refractivity contribution in [2.45, 2.75) is 109 Å². The second-order valence-corrected chi connectivity index (χ2v) is 16.4. The fourth-order valence-corrected chi connectivity index (χ4v) is 5.67. The van der Waals surface area contributed by atoms with Crippen LogP contribution in [0.1, 0.15) is 120 Å². The number of anilines is 1. The average Bonchev–Trinajstić information content (AvgIpc) is 3.22. The molecule has 0 bridgehead atoms. The smallest absolute Gasteiger partial charge is 0.311 e. The summed E-state index contributed by atoms with van der Waals surface area (Å²) in [6, 6.07) is 20.3. The minimum Gasteiger partial charge on any atom is -0.550 e. The third-order valence-electron chi connectivity index (χ3n) is 11.3. The van der Waals surface area contributed by atoms with Crippen LogP contribution >= 0.6 is 0 Å². The van der Waals surface area contributed by atoms with Gasteiger partial charge in [-0.25, -0.2) is 4.58 Å². The average molecular weight is 816 g/mol. The summed E-state index contributed by atoms with van der Waals surface area (Å²) >= 11 is 0. The SMILES string of the molecule is CCC(C)(C)C(=O)O.CCC(C)(C)C(=O)[O-].CCN(CC)c1ccc2c(-c3ccccc3C(=O)NCCOC(=O)C(C)(C)CC)c3ccc(=[N+](CC)CC)cc-3oc2c1. The van der Waals surface area contributed by atoms with E-state index >= 15 is 0 Å². The molecule has 0 saturated heterocycles. The van der Waals surface area contributed by atoms with E-state index in [0.29, 0.717) is 24.8 Å². The summed E-state index contributed by atoms with van der Waals surface area (Å²) in [4.78, 5) is 48.6. The summed E-state index contributed by atoms with van der Waals surface area (Å²) in [5.74, 6) is -1.41. The molecule has 1 heterocycles. The molecule has 1 amide bonds. The Kier molecular flexibility index (Phi) is 18.8. The van der Waals surface area contributed by atoms with E-state index in [1.54, 1.807) is 27.7 Å². The second-order valence-electron chi connectivity index (χ2n) is 16.4. The van der Waals surface area contributed by atoms with Crippen molar-refractivity contribution in [2.75, 3.05) is 44.2 Å². The molecule has 11 nitrogen and oxygen atoms in total. The highest BCUT2D eigenvalue weighted by Gasteiger charge is 2.27. The Balaban J connectivity index is 0.000000630. The summed E-state index contributed by atoms with van der Waals surface area (Å²) in [7, 11) is 0. The number of amides is 1. The van der Waals surface area contributed by atoms with Gasteiger partial charge in [0.15, 0.2) is 0 Å². The normalized spacial score (nSPS) is 11.5. The van der Waals surface area contributed by atoms with Gasteiger partial charge in [0.05, 0.1) is 23.4 Å². The molecule has 0 radical (unpaired) electrons. The summed E-state index contributed by atoms with van der Waals surface area (Å²) in [6.45, 7) is 28.6. The first-order valence-electron chi connectivity index (χ1n) is 21.0. The molecule has 2 N–H and O–H groups in total. The molecular weight excluding hydrogens is 747 g/mol. The largest absolute Gasteiger partial charge is 0.550 e. The second kappa shape index (κ2) is 22.3. The number of aliphatic carboxylic acids is 2. The monoisotopic (exact) mass is 816 g/mol. The number of nitrogens with zero attached hydrogens (tertiary/aromatic N) is 2. The Bertz CT molecular complexity index is 2040. The fraction of sp³-hybridized carbons (Fsp3) is 0.521. The molecule has 0 atom stereocenters. The number of rotatable bonds is 16. The summed E-state index contributed by atoms with van der Waals surface area (Å²) in [5.41, 5.74) is 3.39. The van der Waals surface area contributed by atoms with Crippen LogP contribution in [0.4, 0.5) is 5.69 Å². The zero-order chi connectivity index (χ0) is 44.7. The molecule has 2 aliphatic rings. The van der Waals surface area contributed by atoms with E-state index in [1.165, 1.54) is 0 Å². The van der Waals surface area contributed by atoms with Crippen LogP contribution in [0.15, 0.2) is 65.1 Å². The molecule has 59 heavy (non-hydrogen) atoms. The summed E-state index contributed by atoms with van der Waals surface area (Å²) in [6.07, 6.45) is 1.99. The molecule has 2 aromatic rings. The third kappa shape index (κ3) is 13.2. The predicted octanol–water partition coefficient (Wildman–Crippen LogP) is 8.25. The van der Waals surface area contributed by atoms with Crippen LogP contribution < -0.4 is 25.3 Å². The van der Waals surface area contributed by atoms with Crippen molar-refractivity contribution in [3.05, 3.63) is 71.6 Å². The third-order valence-corrected chi connectivity index (χ3v) is 11.3. The molecule has 4 rings (SSSR count). The maximum atomic E-state index is 13.6. The summed E-state index contributed by atoms with van der Waals surface area (Å²) < 4.78 is 14.3. The molecule has 0 aromatic heterocycles. The van der Waals surface area contributed by atoms with E-state index in [0.717, 1.165) is 70.6 Å². The lowest BCUT2D eigenvalue weighted by molar-refractivity contribution is -0.317. The Morgan fingerprint density at radius 1 is 0.763 bits per heavy atom. The van der Waals surface area contributed by atoms with Gasteiger partial charge in [-0.3, -0.25) is 14.4 Å². The minimum atomic E-state index is -0.972. The molecule has 0 spiro atoms. The lowest BCUT2D eigenvalue weighted by Crippen LogP contribution is -2.37. The molecular formula is C48H69N3O8. The highest BCUT2D eigenvalue weighted by Crippen LogP contribution is 2.42. The highest BCUT2D eigenvalue weighted by atomic mass is 16.5. The molecule has 0 unspecified atom stereocenters. The van der Waals surface area contributed by atoms with Crippen LogP contribution in [-0.2, 0) is 19.1 Å². The lowest BCUT2D eigenvalue weighted by Gasteiger charge is -2.23. The number of carboxylic acid groups (broad SMARTS) is 2. The van der Waals surface area contributed by atoms with Gasteiger partial charge in [-0.1, -0.05) is 52.8 Å². The van der Waals surface area contributed by atoms with Crippen molar-refractivity contribution in [2.24, 2.45) is 16.2 Å². The number of ether oxygens (including phenoxy) is 1. The first-order valence-corrected chi connectivity index (χ1v) is 21.0. The van der Waals surface area contributed by atoms with Crippen molar-refractivity contribution in [1.82, 2.24) is 9.89 Å². The standard InChI is InChI=1S/C36H45N3O4.2C6H12O2/c1-8-36(6,7)35(41)42-22-21-37-34(40)28-16-14-13-15-27(28)33-29-19-17-25(38(9-2)10-3)23-31(29)43-32-24-26(18-20-30(32)33)39(11-4)12-5;2*1-4-6(2,3)5(7)8/h13-20,23-24H,8-12,21-22H2,1-7H3;2*4H2,1-3H3,(H,7,8). The van der Waals surface area contributed by atoms with Gasteiger partial charge in [0, 0.05) is 64.4 Å². The number of carboxylic acids is 2. The molecule has 11 heteroatoms. The first kappa shape index (κ1) is 50.0. The van der Waals surface area contributed by atoms with Gasteiger partial charge in [0.2, 0.25) is 5.36 Å². The maximum absolute atomic E-state index is 13.6. The van der Waals surface area contributed by atoms with Crippen LogP contribution in [0.25, 0.3) is 33.4 Å². The van der Waals surface area contributed by atoms with Gasteiger partial charge >= 0.3 is 11.9 Å². The van der Waals surface area contributed by atoms with Crippen molar-refractivity contribution >= 4 is 40.5 Å². The quantitative estimate of drug-likeness (QED) is 0.0493. The molecule has 0 saturated carbocycles. The van der Waals surface area contributed by atoms with E-state index in [4.69, 9.17) is 14.3 Å². The predicted molar refractivity (Wildman–Crippen MR) is 236 cm³/mol. The van der Waals surface area contributed by atoms with Crippen LogP contribution in [0, 0.1) is 16.2 Å². The molecule has 1 aliphatic heterocycles. The zero-order valence-corrected chi connectivity index (χ0v) is 37.8. The molecule has 324 valence electrons. The first-order chi connectivity index (χ1) is 27.7. The number of benzene rings is 3. The van der Waals surface area contributed by atoms with Crippen LogP contribution in [-0.4, -0.2) is 68.3 Å². The Morgan fingerprint density at radius 2 is 1.36 bits per heavy atom. The minimum absolute atomic E-state index is 0.120. The number of carbonyl (C=O) groups is 4. The number of hydrogen-bond acceptors (Lipinski definition) is 8. The van der Waals surface area contributed by atoms with Crippen molar-refractivity contribution < 1.29 is 38.5 Å². The maximum Gasteiger partial charge on any atom is 0.311 e. The van der Waals surface area contributed by atoms with Crippen molar-refractivity contribution in [3.8, 4) is 22.5 Å². The number of hydrogen-bond donors (Lipinski definition) is 2. The Morgan fingerprint density at radius 3 is 1.85 bits per heavy atom. The number of nitrogens with one attached hydrogen (secondary N) is 1. The Hall–Kier alpha value is -5.19. The van der Waals surface area contributed by atoms with E-state index in [2.05, 4.69) is 78.9 Å². The van der Waals surface area contributed by atoms with Gasteiger partial charge in [-0.05, 0) is 104 Å². The van der Waals surface area contributed by atoms with E-state index < -0.39 is 28.2 Å². The Labute approximate surface area is 351 Å². The van der Waals surface area contributed by atoms with Gasteiger partial charge in [-0.15, -0.1) is 0 Å². The fourth-order valence-electron chi connectivity index (χ4n) is 5.67. The van der Waals surface area contributed by atoms with E-state index in [1.807, 2.05) is 58.9 Å². The van der Waals surface area contributed by atoms with Crippen LogP contribution in [0.3, 0.4) is 0 Å². The topological polar surface area (TPSA) is 152 Å². The molecule has 0 fully saturated rings. The van der Waals surface area contributed by atoms with Gasteiger partial charge in [0.25, 0.3) is 5.91 Å². The highest BCUT2D eigenvalue weighted by molar-refractivity contribution is 6.09. The van der Waals surface area contributed by atoms with Crippen LogP contribution in [0.5, 0.6) is 0 Å². The molecule has 2 aromatic carbocycles.